The largest absolute Gasteiger partial charge is 0.370 e. The third kappa shape index (κ3) is 4.75. The lowest BCUT2D eigenvalue weighted by Gasteiger charge is -2.36. The second kappa shape index (κ2) is 7.08. The predicted molar refractivity (Wildman–Crippen MR) is 86.8 cm³/mol. The van der Waals surface area contributed by atoms with Crippen molar-refractivity contribution in [1.82, 2.24) is 4.90 Å². The van der Waals surface area contributed by atoms with Crippen molar-refractivity contribution >= 4 is 11.9 Å². The molecule has 2 rings (SSSR count). The van der Waals surface area contributed by atoms with Crippen LogP contribution in [0.5, 0.6) is 0 Å². The van der Waals surface area contributed by atoms with E-state index in [4.69, 9.17) is 17.2 Å². The third-order valence-electron chi connectivity index (χ3n) is 3.77. The Morgan fingerprint density at radius 2 is 1.95 bits per heavy atom. The zero-order valence-electron chi connectivity index (χ0n) is 12.4. The molecule has 2 atom stereocenters. The number of aliphatic imine (C=N–C) groups is 2. The molecule has 0 aromatic heterocycles. The maximum Gasteiger partial charge on any atom is 0.218 e. The molecule has 6 nitrogen and oxygen atoms in total. The second-order valence-electron chi connectivity index (χ2n) is 5.51. The van der Waals surface area contributed by atoms with E-state index in [2.05, 4.69) is 46.1 Å². The Kier molecular flexibility index (Phi) is 5.16. The monoisotopic (exact) mass is 288 g/mol. The minimum atomic E-state index is -0.0502. The van der Waals surface area contributed by atoms with Gasteiger partial charge < -0.3 is 17.2 Å². The van der Waals surface area contributed by atoms with Crippen molar-refractivity contribution in [2.45, 2.75) is 38.4 Å². The van der Waals surface area contributed by atoms with E-state index in [9.17, 15) is 0 Å². The molecule has 114 valence electrons. The molecular weight excluding hydrogens is 264 g/mol. The maximum atomic E-state index is 5.70. The molecular formula is C15H24N6. The number of nitrogens with zero attached hydrogens (tertiary/aromatic N) is 3. The molecule has 0 spiro atoms. The van der Waals surface area contributed by atoms with Crippen LogP contribution in [0, 0.1) is 0 Å². The van der Waals surface area contributed by atoms with Crippen LogP contribution < -0.4 is 17.2 Å². The Morgan fingerprint density at radius 1 is 1.24 bits per heavy atom. The summed E-state index contributed by atoms with van der Waals surface area (Å²) in [5.41, 5.74) is 17.6. The van der Waals surface area contributed by atoms with Crippen LogP contribution in [-0.2, 0) is 6.54 Å². The molecule has 1 aromatic rings. The molecule has 1 aromatic carbocycles. The molecule has 0 amide bonds. The van der Waals surface area contributed by atoms with E-state index in [1.54, 1.807) is 0 Å². The predicted octanol–water partition coefficient (Wildman–Crippen LogP) is 0.628. The van der Waals surface area contributed by atoms with Crippen molar-refractivity contribution in [3.05, 3.63) is 35.9 Å². The molecule has 0 saturated carbocycles. The van der Waals surface area contributed by atoms with E-state index >= 15 is 0 Å². The standard InChI is InChI=1S/C15H24N6/c1-11-9-13(19-15(18)20-14(16)17)7-8-21(11)10-12-5-3-2-4-6-12/h2-6,11,13H,7-10H2,1H3,(H6,16,17,18,19,20). The molecule has 1 saturated heterocycles. The Hall–Kier alpha value is -2.08. The molecule has 2 unspecified atom stereocenters. The highest BCUT2D eigenvalue weighted by molar-refractivity contribution is 5.92. The molecule has 1 fully saturated rings. The van der Waals surface area contributed by atoms with Gasteiger partial charge in [0.25, 0.3) is 0 Å². The topological polar surface area (TPSA) is 106 Å². The number of rotatable bonds is 3. The van der Waals surface area contributed by atoms with Gasteiger partial charge in [0.2, 0.25) is 5.96 Å². The van der Waals surface area contributed by atoms with Gasteiger partial charge >= 0.3 is 0 Å². The van der Waals surface area contributed by atoms with Crippen molar-refractivity contribution in [2.24, 2.45) is 27.2 Å². The van der Waals surface area contributed by atoms with Gasteiger partial charge in [-0.3, -0.25) is 4.90 Å². The zero-order valence-corrected chi connectivity index (χ0v) is 12.4. The van der Waals surface area contributed by atoms with Gasteiger partial charge in [-0.1, -0.05) is 30.3 Å². The average Bonchev–Trinajstić information content (AvgIpc) is 2.42. The summed E-state index contributed by atoms with van der Waals surface area (Å²) in [6.07, 6.45) is 1.94. The fraction of sp³-hybridized carbons (Fsp3) is 0.467. The quantitative estimate of drug-likeness (QED) is 0.560. The van der Waals surface area contributed by atoms with Crippen LogP contribution in [0.2, 0.25) is 0 Å². The zero-order chi connectivity index (χ0) is 15.2. The Bertz CT molecular complexity index is 506. The average molecular weight is 288 g/mol. The first kappa shape index (κ1) is 15.3. The lowest BCUT2D eigenvalue weighted by molar-refractivity contribution is 0.140. The summed E-state index contributed by atoms with van der Waals surface area (Å²) in [6, 6.07) is 11.2. The fourth-order valence-electron chi connectivity index (χ4n) is 2.71. The van der Waals surface area contributed by atoms with E-state index in [0.717, 1.165) is 25.9 Å². The number of benzene rings is 1. The Balaban J connectivity index is 1.92. The fourth-order valence-corrected chi connectivity index (χ4v) is 2.71. The number of guanidine groups is 2. The summed E-state index contributed by atoms with van der Waals surface area (Å²) in [6.45, 7) is 4.20. The van der Waals surface area contributed by atoms with Gasteiger partial charge in [-0.15, -0.1) is 0 Å². The number of likely N-dealkylation sites (tertiary alicyclic amines) is 1. The molecule has 6 heteroatoms. The molecule has 1 aliphatic heterocycles. The van der Waals surface area contributed by atoms with Gasteiger partial charge in [0.15, 0.2) is 5.96 Å². The maximum absolute atomic E-state index is 5.70. The molecule has 0 bridgehead atoms. The molecule has 1 aliphatic rings. The Morgan fingerprint density at radius 3 is 2.57 bits per heavy atom. The lowest BCUT2D eigenvalue weighted by Crippen LogP contribution is -2.42. The summed E-state index contributed by atoms with van der Waals surface area (Å²) in [5, 5.41) is 0. The van der Waals surface area contributed by atoms with Crippen molar-refractivity contribution in [2.75, 3.05) is 6.54 Å². The van der Waals surface area contributed by atoms with Crippen molar-refractivity contribution in [3.8, 4) is 0 Å². The minimum Gasteiger partial charge on any atom is -0.370 e. The second-order valence-corrected chi connectivity index (χ2v) is 5.51. The minimum absolute atomic E-state index is 0.0502. The molecule has 1 heterocycles. The van der Waals surface area contributed by atoms with Crippen LogP contribution in [0.1, 0.15) is 25.3 Å². The van der Waals surface area contributed by atoms with Crippen molar-refractivity contribution < 1.29 is 0 Å². The van der Waals surface area contributed by atoms with E-state index < -0.39 is 0 Å². The first-order chi connectivity index (χ1) is 10.0. The van der Waals surface area contributed by atoms with Crippen LogP contribution in [0.4, 0.5) is 0 Å². The number of piperidine rings is 1. The van der Waals surface area contributed by atoms with Crippen LogP contribution in [0.15, 0.2) is 40.3 Å². The molecule has 0 radical (unpaired) electrons. The highest BCUT2D eigenvalue weighted by Crippen LogP contribution is 2.21. The van der Waals surface area contributed by atoms with E-state index in [1.165, 1.54) is 5.56 Å². The van der Waals surface area contributed by atoms with E-state index in [1.807, 2.05) is 6.07 Å². The van der Waals surface area contributed by atoms with Gasteiger partial charge in [0, 0.05) is 19.1 Å². The summed E-state index contributed by atoms with van der Waals surface area (Å²) in [5.74, 6) is 0.120. The van der Waals surface area contributed by atoms with Gasteiger partial charge in [-0.05, 0) is 25.3 Å². The summed E-state index contributed by atoms with van der Waals surface area (Å²) >= 11 is 0. The normalized spacial score (nSPS) is 23.8. The highest BCUT2D eigenvalue weighted by atomic mass is 15.2. The third-order valence-corrected chi connectivity index (χ3v) is 3.77. The molecule has 6 N–H and O–H groups in total. The van der Waals surface area contributed by atoms with E-state index in [0.29, 0.717) is 6.04 Å². The van der Waals surface area contributed by atoms with Gasteiger partial charge in [0.1, 0.15) is 0 Å². The van der Waals surface area contributed by atoms with Gasteiger partial charge in [-0.25, -0.2) is 4.99 Å². The smallest absolute Gasteiger partial charge is 0.218 e. The highest BCUT2D eigenvalue weighted by Gasteiger charge is 2.25. The van der Waals surface area contributed by atoms with Crippen LogP contribution in [-0.4, -0.2) is 35.4 Å². The first-order valence-electron chi connectivity index (χ1n) is 7.25. The Labute approximate surface area is 125 Å². The van der Waals surface area contributed by atoms with Crippen LogP contribution in [0.3, 0.4) is 0 Å². The van der Waals surface area contributed by atoms with Crippen molar-refractivity contribution in [1.29, 1.82) is 0 Å². The van der Waals surface area contributed by atoms with Crippen LogP contribution >= 0.6 is 0 Å². The molecule has 21 heavy (non-hydrogen) atoms. The summed E-state index contributed by atoms with van der Waals surface area (Å²) < 4.78 is 0. The lowest BCUT2D eigenvalue weighted by atomic mass is 9.98. The van der Waals surface area contributed by atoms with E-state index in [-0.39, 0.29) is 18.0 Å². The summed E-state index contributed by atoms with van der Waals surface area (Å²) in [7, 11) is 0. The van der Waals surface area contributed by atoms with Gasteiger partial charge in [-0.2, -0.15) is 4.99 Å². The SMILES string of the molecule is CC1CC(N=C(N)N=C(N)N)CCN1Cc1ccccc1. The van der Waals surface area contributed by atoms with Gasteiger partial charge in [0.05, 0.1) is 6.04 Å². The van der Waals surface area contributed by atoms with Crippen molar-refractivity contribution in [3.63, 3.8) is 0 Å². The molecule has 0 aliphatic carbocycles. The summed E-state index contributed by atoms with van der Waals surface area (Å²) in [4.78, 5) is 10.6. The number of nitrogens with two attached hydrogens (primary N) is 3. The van der Waals surface area contributed by atoms with Crippen LogP contribution in [0.25, 0.3) is 0 Å². The number of hydrogen-bond donors (Lipinski definition) is 3. The number of hydrogen-bond acceptors (Lipinski definition) is 2. The first-order valence-corrected chi connectivity index (χ1v) is 7.25.